The fourth-order valence-electron chi connectivity index (χ4n) is 3.74. The lowest BCUT2D eigenvalue weighted by atomic mass is 9.82. The Morgan fingerprint density at radius 1 is 1.21 bits per heavy atom. The number of hydrogen-bond acceptors (Lipinski definition) is 4. The van der Waals surface area contributed by atoms with Crippen molar-refractivity contribution in [2.45, 2.75) is 57.7 Å². The van der Waals surface area contributed by atoms with Gasteiger partial charge in [0, 0.05) is 17.1 Å². The molecule has 0 bridgehead atoms. The minimum atomic E-state index is -0.178. The first-order valence-corrected chi connectivity index (χ1v) is 9.61. The monoisotopic (exact) mass is 391 g/mol. The Hall–Kier alpha value is -1.20. The quantitative estimate of drug-likeness (QED) is 0.807. The van der Waals surface area contributed by atoms with Gasteiger partial charge in [0.2, 0.25) is 0 Å². The Balaban J connectivity index is 1.79. The third kappa shape index (κ3) is 3.89. The van der Waals surface area contributed by atoms with Gasteiger partial charge in [-0.15, -0.1) is 0 Å². The Kier molecular flexibility index (Phi) is 5.72. The van der Waals surface area contributed by atoms with Gasteiger partial charge in [-0.1, -0.05) is 28.9 Å². The first-order valence-electron chi connectivity index (χ1n) is 8.82. The van der Waals surface area contributed by atoms with Crippen LogP contribution in [0.25, 0.3) is 0 Å². The topological polar surface area (TPSA) is 60.0 Å². The second-order valence-corrected chi connectivity index (χ2v) is 7.66. The van der Waals surface area contributed by atoms with Crippen LogP contribution >= 0.6 is 15.9 Å². The molecular formula is C19H26BrN3O. The van der Waals surface area contributed by atoms with Crippen LogP contribution in [-0.2, 0) is 11.2 Å². The second kappa shape index (κ2) is 7.79. The van der Waals surface area contributed by atoms with E-state index in [1.54, 1.807) is 0 Å². The smallest absolute Gasteiger partial charge is 0.168 e. The third-order valence-corrected chi connectivity index (χ3v) is 5.69. The first-order chi connectivity index (χ1) is 11.6. The van der Waals surface area contributed by atoms with Crippen LogP contribution in [0.5, 0.6) is 0 Å². The second-order valence-electron chi connectivity index (χ2n) is 6.74. The molecule has 130 valence electrons. The van der Waals surface area contributed by atoms with Crippen LogP contribution in [0, 0.1) is 5.92 Å². The molecular weight excluding hydrogens is 366 g/mol. The van der Waals surface area contributed by atoms with E-state index < -0.39 is 0 Å². The van der Waals surface area contributed by atoms with Gasteiger partial charge in [-0.3, -0.25) is 4.99 Å². The first kappa shape index (κ1) is 17.6. The molecule has 1 aliphatic heterocycles. The van der Waals surface area contributed by atoms with Gasteiger partial charge in [0.15, 0.2) is 6.17 Å². The molecule has 1 aromatic rings. The number of aliphatic imine (C=N–C) groups is 2. The SMILES string of the molecule is CCC1=NC(c2cc(Br)ccc2CC2CCC(OC)CC2)N=C1N. The van der Waals surface area contributed by atoms with E-state index in [0.29, 0.717) is 17.9 Å². The van der Waals surface area contributed by atoms with Crippen molar-refractivity contribution in [1.29, 1.82) is 0 Å². The number of methoxy groups -OCH3 is 1. The lowest BCUT2D eigenvalue weighted by Crippen LogP contribution is -2.22. The molecule has 4 nitrogen and oxygen atoms in total. The summed E-state index contributed by atoms with van der Waals surface area (Å²) in [5.41, 5.74) is 9.47. The van der Waals surface area contributed by atoms with Crippen molar-refractivity contribution in [3.63, 3.8) is 0 Å². The molecule has 1 saturated carbocycles. The number of halogens is 1. The molecule has 0 radical (unpaired) electrons. The lowest BCUT2D eigenvalue weighted by Gasteiger charge is -2.28. The van der Waals surface area contributed by atoms with Crippen LogP contribution in [-0.4, -0.2) is 24.8 Å². The maximum atomic E-state index is 6.01. The Morgan fingerprint density at radius 3 is 2.58 bits per heavy atom. The normalized spacial score (nSPS) is 27.0. The minimum Gasteiger partial charge on any atom is -0.382 e. The van der Waals surface area contributed by atoms with E-state index in [-0.39, 0.29) is 6.17 Å². The number of ether oxygens (including phenoxy) is 1. The fraction of sp³-hybridized carbons (Fsp3) is 0.579. The Labute approximate surface area is 152 Å². The molecule has 0 spiro atoms. The molecule has 2 N–H and O–H groups in total. The molecule has 0 amide bonds. The summed E-state index contributed by atoms with van der Waals surface area (Å²) in [4.78, 5) is 9.31. The maximum absolute atomic E-state index is 6.01. The van der Waals surface area contributed by atoms with Gasteiger partial charge in [-0.25, -0.2) is 4.99 Å². The average Bonchev–Trinajstić information content (AvgIpc) is 2.98. The molecule has 2 aliphatic rings. The molecule has 1 fully saturated rings. The highest BCUT2D eigenvalue weighted by atomic mass is 79.9. The summed E-state index contributed by atoms with van der Waals surface area (Å²) in [5.74, 6) is 1.31. The van der Waals surface area contributed by atoms with Gasteiger partial charge in [-0.05, 0) is 62.1 Å². The van der Waals surface area contributed by atoms with Crippen LogP contribution in [0.3, 0.4) is 0 Å². The number of benzene rings is 1. The molecule has 0 saturated heterocycles. The highest BCUT2D eigenvalue weighted by Gasteiger charge is 2.25. The number of rotatable bonds is 5. The molecule has 3 rings (SSSR count). The predicted molar refractivity (Wildman–Crippen MR) is 103 cm³/mol. The molecule has 0 aromatic heterocycles. The van der Waals surface area contributed by atoms with E-state index in [1.807, 2.05) is 7.11 Å². The zero-order chi connectivity index (χ0) is 17.1. The van der Waals surface area contributed by atoms with E-state index in [9.17, 15) is 0 Å². The van der Waals surface area contributed by atoms with Crippen LogP contribution in [0.2, 0.25) is 0 Å². The predicted octanol–water partition coefficient (Wildman–Crippen LogP) is 4.42. The van der Waals surface area contributed by atoms with Crippen LogP contribution in [0.15, 0.2) is 32.7 Å². The number of nitrogens with two attached hydrogens (primary N) is 1. The third-order valence-electron chi connectivity index (χ3n) is 5.19. The zero-order valence-corrected chi connectivity index (χ0v) is 16.1. The summed E-state index contributed by atoms with van der Waals surface area (Å²) in [6, 6.07) is 6.48. The Bertz CT molecular complexity index is 648. The van der Waals surface area contributed by atoms with Crippen molar-refractivity contribution < 1.29 is 4.74 Å². The standard InChI is InChI=1S/C19H26BrN3O/c1-3-17-18(21)23-19(22-17)16-11-14(20)7-6-13(16)10-12-4-8-15(24-2)9-5-12/h6-7,11-12,15,19H,3-5,8-10H2,1-2H3,(H2,21,23). The summed E-state index contributed by atoms with van der Waals surface area (Å²) >= 11 is 3.59. The molecule has 1 aliphatic carbocycles. The van der Waals surface area contributed by atoms with E-state index in [1.165, 1.54) is 36.8 Å². The largest absolute Gasteiger partial charge is 0.382 e. The van der Waals surface area contributed by atoms with Crippen molar-refractivity contribution in [3.05, 3.63) is 33.8 Å². The Morgan fingerprint density at radius 2 is 1.96 bits per heavy atom. The van der Waals surface area contributed by atoms with E-state index in [4.69, 9.17) is 15.5 Å². The van der Waals surface area contributed by atoms with Crippen molar-refractivity contribution in [2.75, 3.05) is 7.11 Å². The average molecular weight is 392 g/mol. The van der Waals surface area contributed by atoms with E-state index >= 15 is 0 Å². The number of nitrogens with zero attached hydrogens (tertiary/aromatic N) is 2. The molecule has 1 unspecified atom stereocenters. The van der Waals surface area contributed by atoms with E-state index in [2.05, 4.69) is 46.0 Å². The fourth-order valence-corrected chi connectivity index (χ4v) is 4.11. The lowest BCUT2D eigenvalue weighted by molar-refractivity contribution is 0.0568. The number of hydrogen-bond donors (Lipinski definition) is 1. The molecule has 5 heteroatoms. The van der Waals surface area contributed by atoms with Gasteiger partial charge in [-0.2, -0.15) is 0 Å². The summed E-state index contributed by atoms with van der Waals surface area (Å²) in [7, 11) is 1.82. The maximum Gasteiger partial charge on any atom is 0.168 e. The summed E-state index contributed by atoms with van der Waals surface area (Å²) in [6.07, 6.45) is 6.97. The zero-order valence-electron chi connectivity index (χ0n) is 14.5. The molecule has 1 atom stereocenters. The van der Waals surface area contributed by atoms with Crippen molar-refractivity contribution in [1.82, 2.24) is 0 Å². The van der Waals surface area contributed by atoms with Crippen LogP contribution in [0.1, 0.15) is 56.3 Å². The molecule has 24 heavy (non-hydrogen) atoms. The van der Waals surface area contributed by atoms with Gasteiger partial charge in [0.05, 0.1) is 11.8 Å². The highest BCUT2D eigenvalue weighted by molar-refractivity contribution is 9.10. The van der Waals surface area contributed by atoms with Gasteiger partial charge >= 0.3 is 0 Å². The molecule has 1 heterocycles. The van der Waals surface area contributed by atoms with E-state index in [0.717, 1.165) is 23.0 Å². The summed E-state index contributed by atoms with van der Waals surface area (Å²) in [6.45, 7) is 2.07. The van der Waals surface area contributed by atoms with Crippen LogP contribution in [0.4, 0.5) is 0 Å². The highest BCUT2D eigenvalue weighted by Crippen LogP contribution is 2.34. The minimum absolute atomic E-state index is 0.178. The summed E-state index contributed by atoms with van der Waals surface area (Å²) < 4.78 is 6.56. The summed E-state index contributed by atoms with van der Waals surface area (Å²) in [5, 5.41) is 0. The van der Waals surface area contributed by atoms with Gasteiger partial charge in [0.1, 0.15) is 5.84 Å². The molecule has 1 aromatic carbocycles. The number of amidine groups is 1. The van der Waals surface area contributed by atoms with Gasteiger partial charge < -0.3 is 10.5 Å². The van der Waals surface area contributed by atoms with Crippen molar-refractivity contribution in [2.24, 2.45) is 21.6 Å². The van der Waals surface area contributed by atoms with Crippen molar-refractivity contribution >= 4 is 27.5 Å². The van der Waals surface area contributed by atoms with Gasteiger partial charge in [0.25, 0.3) is 0 Å². The van der Waals surface area contributed by atoms with Crippen LogP contribution < -0.4 is 5.73 Å². The van der Waals surface area contributed by atoms with Crippen molar-refractivity contribution in [3.8, 4) is 0 Å².